The Hall–Kier alpha value is -1.75. The van der Waals surface area contributed by atoms with Crippen LogP contribution in [0.3, 0.4) is 0 Å². The van der Waals surface area contributed by atoms with Gasteiger partial charge in [0, 0.05) is 29.7 Å². The van der Waals surface area contributed by atoms with Crippen LogP contribution in [0, 0.1) is 0 Å². The molecule has 1 aliphatic heterocycles. The Kier molecular flexibility index (Phi) is 5.58. The molecular formula is C22H27ClN2O2. The number of nitrogens with zero attached hydrogens (tertiary/aromatic N) is 1. The first-order valence-corrected chi connectivity index (χ1v) is 10.2. The van der Waals surface area contributed by atoms with Crippen molar-refractivity contribution in [1.82, 2.24) is 4.90 Å². The smallest absolute Gasteiger partial charge is 0.124 e. The first kappa shape index (κ1) is 18.6. The van der Waals surface area contributed by atoms with Gasteiger partial charge in [-0.1, -0.05) is 29.8 Å². The first-order chi connectivity index (χ1) is 13.1. The highest BCUT2D eigenvalue weighted by atomic mass is 35.5. The van der Waals surface area contributed by atoms with Crippen LogP contribution in [0.15, 0.2) is 36.4 Å². The molecule has 0 saturated carbocycles. The minimum absolute atomic E-state index is 0.116. The molecule has 0 spiro atoms. The maximum absolute atomic E-state index is 9.64. The number of fused-ring (bicyclic) bond motifs is 1. The Morgan fingerprint density at radius 3 is 2.85 bits per heavy atom. The molecule has 0 bridgehead atoms. The third-order valence-corrected chi connectivity index (χ3v) is 5.96. The molecule has 27 heavy (non-hydrogen) atoms. The lowest BCUT2D eigenvalue weighted by Crippen LogP contribution is -2.49. The maximum Gasteiger partial charge on any atom is 0.124 e. The van der Waals surface area contributed by atoms with Crippen LogP contribution in [0.25, 0.3) is 0 Å². The number of likely N-dealkylation sites (tertiary alicyclic amines) is 1. The van der Waals surface area contributed by atoms with E-state index in [0.29, 0.717) is 29.5 Å². The lowest BCUT2D eigenvalue weighted by molar-refractivity contribution is 0.137. The Morgan fingerprint density at radius 1 is 1.15 bits per heavy atom. The fraction of sp³-hybridized carbons (Fsp3) is 0.455. The molecule has 144 valence electrons. The summed E-state index contributed by atoms with van der Waals surface area (Å²) in [6.45, 7) is 2.67. The van der Waals surface area contributed by atoms with Crippen molar-refractivity contribution in [2.75, 3.05) is 13.1 Å². The number of nitrogens with two attached hydrogens (primary N) is 1. The van der Waals surface area contributed by atoms with Gasteiger partial charge >= 0.3 is 0 Å². The van der Waals surface area contributed by atoms with E-state index in [1.165, 1.54) is 36.6 Å². The van der Waals surface area contributed by atoms with Crippen molar-refractivity contribution in [3.63, 3.8) is 0 Å². The standard InChI is InChI=1S/C22H27ClN2O2/c23-18-10-21(26)12-22(11-18)27-14-15-3-4-16-5-6-20(9-17(16)8-15)25-7-1-2-19(24)13-25/h3-4,8,10-12,19-20,26H,1-2,5-7,9,13-14,24H2/t19-,20?/m1/s1. The minimum Gasteiger partial charge on any atom is -0.508 e. The van der Waals surface area contributed by atoms with Crippen LogP contribution < -0.4 is 10.5 Å². The highest BCUT2D eigenvalue weighted by Gasteiger charge is 2.27. The third kappa shape index (κ3) is 4.57. The number of halogens is 1. The molecule has 2 atom stereocenters. The van der Waals surface area contributed by atoms with Crippen molar-refractivity contribution in [3.8, 4) is 11.5 Å². The molecule has 0 radical (unpaired) electrons. The maximum atomic E-state index is 9.64. The van der Waals surface area contributed by atoms with E-state index in [9.17, 15) is 5.11 Å². The largest absolute Gasteiger partial charge is 0.508 e. The van der Waals surface area contributed by atoms with Crippen LogP contribution in [0.4, 0.5) is 0 Å². The molecule has 2 aromatic rings. The van der Waals surface area contributed by atoms with Gasteiger partial charge in [-0.15, -0.1) is 0 Å². The molecular weight excluding hydrogens is 360 g/mol. The fourth-order valence-corrected chi connectivity index (χ4v) is 4.58. The molecule has 1 heterocycles. The Bertz CT molecular complexity index is 791. The van der Waals surface area contributed by atoms with Gasteiger partial charge in [0.15, 0.2) is 0 Å². The fourth-order valence-electron chi connectivity index (χ4n) is 4.36. The third-order valence-electron chi connectivity index (χ3n) is 5.74. The number of rotatable bonds is 4. The average Bonchev–Trinajstić information content (AvgIpc) is 2.65. The molecule has 5 heteroatoms. The van der Waals surface area contributed by atoms with Crippen molar-refractivity contribution in [2.24, 2.45) is 5.73 Å². The molecule has 4 rings (SSSR count). The van der Waals surface area contributed by atoms with E-state index in [1.807, 2.05) is 0 Å². The second kappa shape index (κ2) is 8.09. The molecule has 4 nitrogen and oxygen atoms in total. The van der Waals surface area contributed by atoms with E-state index in [4.69, 9.17) is 22.1 Å². The summed E-state index contributed by atoms with van der Waals surface area (Å²) in [5.41, 5.74) is 10.2. The van der Waals surface area contributed by atoms with E-state index in [0.717, 1.165) is 31.4 Å². The zero-order valence-electron chi connectivity index (χ0n) is 15.5. The van der Waals surface area contributed by atoms with Crippen LogP contribution in [0.2, 0.25) is 5.02 Å². The second-order valence-electron chi connectivity index (χ2n) is 7.83. The number of benzene rings is 2. The van der Waals surface area contributed by atoms with E-state index in [1.54, 1.807) is 12.1 Å². The van der Waals surface area contributed by atoms with Gasteiger partial charge < -0.3 is 15.6 Å². The quantitative estimate of drug-likeness (QED) is 0.836. The summed E-state index contributed by atoms with van der Waals surface area (Å²) in [6.07, 6.45) is 5.81. The molecule has 0 amide bonds. The summed E-state index contributed by atoms with van der Waals surface area (Å²) in [5.74, 6) is 0.698. The summed E-state index contributed by atoms with van der Waals surface area (Å²) in [6, 6.07) is 12.4. The van der Waals surface area contributed by atoms with Crippen molar-refractivity contribution < 1.29 is 9.84 Å². The molecule has 0 aromatic heterocycles. The summed E-state index contributed by atoms with van der Waals surface area (Å²) < 4.78 is 5.83. The summed E-state index contributed by atoms with van der Waals surface area (Å²) in [5, 5.41) is 10.1. The zero-order chi connectivity index (χ0) is 18.8. The van der Waals surface area contributed by atoms with Crippen LogP contribution in [-0.2, 0) is 19.4 Å². The number of hydrogen-bond acceptors (Lipinski definition) is 4. The van der Waals surface area contributed by atoms with Gasteiger partial charge in [0.1, 0.15) is 18.1 Å². The Morgan fingerprint density at radius 2 is 2.04 bits per heavy atom. The van der Waals surface area contributed by atoms with Gasteiger partial charge in [-0.05, 0) is 67.5 Å². The predicted molar refractivity (Wildman–Crippen MR) is 108 cm³/mol. The van der Waals surface area contributed by atoms with Crippen LogP contribution in [0.1, 0.15) is 36.0 Å². The Balaban J connectivity index is 1.43. The predicted octanol–water partition coefficient (Wildman–Crippen LogP) is 3.91. The molecule has 2 aliphatic rings. The number of hydrogen-bond donors (Lipinski definition) is 2. The average molecular weight is 387 g/mol. The molecule has 1 saturated heterocycles. The molecule has 1 fully saturated rings. The van der Waals surface area contributed by atoms with Gasteiger partial charge in [-0.25, -0.2) is 0 Å². The van der Waals surface area contributed by atoms with Crippen molar-refractivity contribution >= 4 is 11.6 Å². The van der Waals surface area contributed by atoms with Crippen LogP contribution in [-0.4, -0.2) is 35.2 Å². The molecule has 1 unspecified atom stereocenters. The van der Waals surface area contributed by atoms with E-state index in [-0.39, 0.29) is 5.75 Å². The number of phenols is 1. The van der Waals surface area contributed by atoms with Gasteiger partial charge in [-0.2, -0.15) is 0 Å². The number of aryl methyl sites for hydroxylation is 1. The van der Waals surface area contributed by atoms with E-state index in [2.05, 4.69) is 23.1 Å². The number of aromatic hydroxyl groups is 1. The summed E-state index contributed by atoms with van der Waals surface area (Å²) >= 11 is 5.97. The second-order valence-corrected chi connectivity index (χ2v) is 8.27. The lowest BCUT2D eigenvalue weighted by atomic mass is 9.85. The lowest BCUT2D eigenvalue weighted by Gasteiger charge is -2.39. The molecule has 1 aliphatic carbocycles. The monoisotopic (exact) mass is 386 g/mol. The zero-order valence-corrected chi connectivity index (χ0v) is 16.3. The summed E-state index contributed by atoms with van der Waals surface area (Å²) in [4.78, 5) is 2.59. The van der Waals surface area contributed by atoms with Gasteiger partial charge in [0.05, 0.1) is 0 Å². The highest BCUT2D eigenvalue weighted by Crippen LogP contribution is 2.29. The minimum atomic E-state index is 0.116. The van der Waals surface area contributed by atoms with E-state index >= 15 is 0 Å². The van der Waals surface area contributed by atoms with Gasteiger partial charge in [-0.3, -0.25) is 4.90 Å². The molecule has 2 aromatic carbocycles. The number of ether oxygens (including phenoxy) is 1. The Labute approximate surface area is 165 Å². The van der Waals surface area contributed by atoms with Gasteiger partial charge in [0.25, 0.3) is 0 Å². The van der Waals surface area contributed by atoms with Crippen LogP contribution >= 0.6 is 11.6 Å². The van der Waals surface area contributed by atoms with Crippen molar-refractivity contribution in [3.05, 3.63) is 58.1 Å². The normalized spacial score (nSPS) is 23.0. The highest BCUT2D eigenvalue weighted by molar-refractivity contribution is 6.30. The SMILES string of the molecule is N[C@@H]1CCCN(C2CCc3ccc(COc4cc(O)cc(Cl)c4)cc3C2)C1. The first-order valence-electron chi connectivity index (χ1n) is 9.79. The molecule has 3 N–H and O–H groups in total. The number of phenolic OH excluding ortho intramolecular Hbond substituents is 1. The summed E-state index contributed by atoms with van der Waals surface area (Å²) in [7, 11) is 0. The van der Waals surface area contributed by atoms with Gasteiger partial charge in [0.2, 0.25) is 0 Å². The van der Waals surface area contributed by atoms with E-state index < -0.39 is 0 Å². The topological polar surface area (TPSA) is 58.7 Å². The van der Waals surface area contributed by atoms with Crippen molar-refractivity contribution in [2.45, 2.75) is 50.8 Å². The van der Waals surface area contributed by atoms with Crippen molar-refractivity contribution in [1.29, 1.82) is 0 Å². The van der Waals surface area contributed by atoms with Crippen LogP contribution in [0.5, 0.6) is 11.5 Å². The number of piperidine rings is 1.